The van der Waals surface area contributed by atoms with Gasteiger partial charge in [-0.05, 0) is 101 Å². The number of rotatable bonds is 13. The first-order chi connectivity index (χ1) is 32.8. The highest BCUT2D eigenvalue weighted by molar-refractivity contribution is 9.10. The summed E-state index contributed by atoms with van der Waals surface area (Å²) in [7, 11) is 0. The van der Waals surface area contributed by atoms with Crippen LogP contribution >= 0.6 is 15.9 Å². The van der Waals surface area contributed by atoms with Crippen molar-refractivity contribution >= 4 is 68.6 Å². The first-order valence-electron chi connectivity index (χ1n) is 22.8. The number of carbonyl (C=O) groups is 6. The van der Waals surface area contributed by atoms with Crippen molar-refractivity contribution in [1.82, 2.24) is 5.32 Å². The molecule has 0 unspecified atom stereocenters. The zero-order valence-corrected chi connectivity index (χ0v) is 41.6. The Morgan fingerprint density at radius 3 is 1.62 bits per heavy atom. The molecule has 4 aromatic carbocycles. The predicted octanol–water partition coefficient (Wildman–Crippen LogP) is 7.87. The molecule has 16 nitrogen and oxygen atoms in total. The normalized spacial score (nSPS) is 17.5. The maximum atomic E-state index is 12.7. The van der Waals surface area contributed by atoms with Crippen LogP contribution in [-0.2, 0) is 60.9 Å². The zero-order valence-electron chi connectivity index (χ0n) is 40.0. The van der Waals surface area contributed by atoms with Crippen molar-refractivity contribution in [2.75, 3.05) is 54.5 Å². The number of anilines is 3. The number of fused-ring (bicyclic) bond motifs is 2. The number of benzene rings is 4. The van der Waals surface area contributed by atoms with E-state index in [0.29, 0.717) is 62.0 Å². The van der Waals surface area contributed by atoms with E-state index in [1.54, 1.807) is 28.0 Å². The molecule has 4 aliphatic heterocycles. The summed E-state index contributed by atoms with van der Waals surface area (Å²) in [6.45, 7) is 13.1. The van der Waals surface area contributed by atoms with Crippen molar-refractivity contribution in [2.24, 2.45) is 11.8 Å². The molecule has 2 fully saturated rings. The van der Waals surface area contributed by atoms with Gasteiger partial charge in [-0.15, -0.1) is 0 Å². The minimum atomic E-state index is -0.559. The summed E-state index contributed by atoms with van der Waals surface area (Å²) >= 11 is 3.41. The molecule has 368 valence electrons. The van der Waals surface area contributed by atoms with Gasteiger partial charge in [0.1, 0.15) is 36.2 Å². The van der Waals surface area contributed by atoms with E-state index in [1.807, 2.05) is 120 Å². The lowest BCUT2D eigenvalue weighted by Crippen LogP contribution is -2.40. The smallest absolute Gasteiger partial charge is 0.306 e. The van der Waals surface area contributed by atoms with E-state index in [9.17, 15) is 28.8 Å². The molecule has 4 amide bonds. The minimum Gasteiger partial charge on any atom is -0.482 e. The van der Waals surface area contributed by atoms with Crippen LogP contribution in [-0.4, -0.2) is 86.5 Å². The first-order valence-corrected chi connectivity index (χ1v) is 23.6. The lowest BCUT2D eigenvalue weighted by atomic mass is 10.0. The van der Waals surface area contributed by atoms with Crippen LogP contribution in [0.2, 0.25) is 0 Å². The van der Waals surface area contributed by atoms with Crippen molar-refractivity contribution in [3.63, 3.8) is 0 Å². The molecule has 2 saturated heterocycles. The molecule has 4 heterocycles. The van der Waals surface area contributed by atoms with Crippen molar-refractivity contribution in [2.45, 2.75) is 91.6 Å². The molecule has 0 saturated carbocycles. The molecule has 69 heavy (non-hydrogen) atoms. The maximum Gasteiger partial charge on any atom is 0.306 e. The van der Waals surface area contributed by atoms with Gasteiger partial charge in [-0.3, -0.25) is 38.6 Å². The van der Waals surface area contributed by atoms with Crippen LogP contribution in [0.1, 0.15) is 78.4 Å². The number of nitrogens with one attached hydrogen (secondary N) is 1. The average molecular weight is 1010 g/mol. The number of hydrogen-bond donors (Lipinski definition) is 1. The lowest BCUT2D eigenvalue weighted by Gasteiger charge is -2.30. The summed E-state index contributed by atoms with van der Waals surface area (Å²) < 4.78 is 33.9. The molecule has 1 N–H and O–H groups in total. The number of amides is 4. The second-order valence-electron chi connectivity index (χ2n) is 18.9. The number of esters is 2. The van der Waals surface area contributed by atoms with E-state index in [2.05, 4.69) is 21.2 Å². The SMILES string of the molecule is CC(C)(C)OC(=O)C[C@@H]1CC(=O)N(c2ccc3c(c2)N(COCc2ccccc2)C(=O)CO3)C1.CC(C)(C)OC(=O)C[C@H]1CNC(=O)C1.O=C1COc2ccc(Br)cc2N1COCc1ccccc1. The Hall–Kier alpha value is -6.30. The summed E-state index contributed by atoms with van der Waals surface area (Å²) in [6, 6.07) is 30.5. The van der Waals surface area contributed by atoms with Crippen molar-refractivity contribution in [1.29, 1.82) is 0 Å². The Labute approximate surface area is 411 Å². The number of hydrogen-bond acceptors (Lipinski definition) is 12. The third kappa shape index (κ3) is 16.1. The van der Waals surface area contributed by atoms with Crippen LogP contribution in [0.25, 0.3) is 0 Å². The lowest BCUT2D eigenvalue weighted by molar-refractivity contribution is -0.157. The first kappa shape index (κ1) is 52.1. The number of halogens is 1. The topological polar surface area (TPSA) is 180 Å². The van der Waals surface area contributed by atoms with Crippen LogP contribution in [0.15, 0.2) is 102 Å². The van der Waals surface area contributed by atoms with Crippen LogP contribution in [0, 0.1) is 11.8 Å². The molecule has 0 spiro atoms. The number of ether oxygens (including phenoxy) is 6. The molecule has 0 aliphatic carbocycles. The van der Waals surface area contributed by atoms with Crippen molar-refractivity contribution in [3.05, 3.63) is 113 Å². The van der Waals surface area contributed by atoms with Crippen molar-refractivity contribution < 1.29 is 57.2 Å². The second-order valence-corrected chi connectivity index (χ2v) is 19.9. The highest BCUT2D eigenvalue weighted by Gasteiger charge is 2.35. The number of carbonyl (C=O) groups excluding carboxylic acids is 6. The van der Waals surface area contributed by atoms with Gasteiger partial charge in [0.25, 0.3) is 11.8 Å². The van der Waals surface area contributed by atoms with Gasteiger partial charge in [0.2, 0.25) is 11.8 Å². The third-order valence-corrected chi connectivity index (χ3v) is 11.2. The van der Waals surface area contributed by atoms with Gasteiger partial charge >= 0.3 is 11.9 Å². The fourth-order valence-electron chi connectivity index (χ4n) is 7.69. The minimum absolute atomic E-state index is 0.0264. The van der Waals surface area contributed by atoms with Gasteiger partial charge in [0.15, 0.2) is 13.2 Å². The summed E-state index contributed by atoms with van der Waals surface area (Å²) in [5.41, 5.74) is 3.04. The molecule has 4 aliphatic rings. The highest BCUT2D eigenvalue weighted by atomic mass is 79.9. The van der Waals surface area contributed by atoms with E-state index in [-0.39, 0.29) is 86.9 Å². The van der Waals surface area contributed by atoms with Crippen LogP contribution in [0.4, 0.5) is 17.1 Å². The van der Waals surface area contributed by atoms with Gasteiger partial charge in [-0.25, -0.2) is 0 Å². The molecule has 4 aromatic rings. The monoisotopic (exact) mass is 1010 g/mol. The molecule has 2 atom stereocenters. The largest absolute Gasteiger partial charge is 0.482 e. The van der Waals surface area contributed by atoms with E-state index >= 15 is 0 Å². The summed E-state index contributed by atoms with van der Waals surface area (Å²) in [6.07, 6.45) is 1.23. The summed E-state index contributed by atoms with van der Waals surface area (Å²) in [5, 5.41) is 2.69. The number of nitrogens with zero attached hydrogens (tertiary/aromatic N) is 3. The van der Waals surface area contributed by atoms with E-state index in [0.717, 1.165) is 21.3 Å². The molecule has 0 bridgehead atoms. The molecule has 8 rings (SSSR count). The molecule has 17 heteroatoms. The van der Waals surface area contributed by atoms with Gasteiger partial charge in [0.05, 0.1) is 37.4 Å². The Morgan fingerprint density at radius 2 is 1.13 bits per heavy atom. The maximum absolute atomic E-state index is 12.7. The highest BCUT2D eigenvalue weighted by Crippen LogP contribution is 2.38. The quantitative estimate of drug-likeness (QED) is 0.128. The van der Waals surface area contributed by atoms with Crippen LogP contribution in [0.3, 0.4) is 0 Å². The van der Waals surface area contributed by atoms with Gasteiger partial charge in [-0.2, -0.15) is 0 Å². The van der Waals surface area contributed by atoms with E-state index in [4.69, 9.17) is 28.4 Å². The van der Waals surface area contributed by atoms with Gasteiger partial charge in [-0.1, -0.05) is 76.6 Å². The summed E-state index contributed by atoms with van der Waals surface area (Å²) in [4.78, 5) is 76.5. The molecule has 0 aromatic heterocycles. The molecular weight excluding hydrogens is 952 g/mol. The Balaban J connectivity index is 0.000000189. The standard InChI is InChI=1S/C26H30N2O6.C16H14BrNO3.C10H17NO3/c1-26(2,3)34-25(31)12-19-11-23(29)27(14-19)20-9-10-22-21(13-20)28(24(30)16-33-22)17-32-15-18-7-5-4-6-8-18;17-13-6-7-15-14(8-13)18(16(19)10-21-15)11-20-9-12-4-2-1-3-5-12;1-10(2,3)14-9(13)5-7-4-8(12)11-6-7/h4-10,13,19H,11-12,14-17H2,1-3H3;1-8H,9-11H2;7H,4-6H2,1-3H3,(H,11,12)/t19-;;7-/m0.0/s1. The Morgan fingerprint density at radius 1 is 0.638 bits per heavy atom. The fourth-order valence-corrected chi connectivity index (χ4v) is 8.04. The van der Waals surface area contributed by atoms with Crippen molar-refractivity contribution in [3.8, 4) is 11.5 Å². The third-order valence-electron chi connectivity index (χ3n) is 10.7. The van der Waals surface area contributed by atoms with Gasteiger partial charge in [0, 0.05) is 36.1 Å². The van der Waals surface area contributed by atoms with Crippen LogP contribution < -0.4 is 29.5 Å². The molecular formula is C52H61BrN4O12. The predicted molar refractivity (Wildman–Crippen MR) is 261 cm³/mol. The molecule has 0 radical (unpaired) electrons. The Kier molecular flexibility index (Phi) is 18.0. The Bertz CT molecular complexity index is 2440. The van der Waals surface area contributed by atoms with E-state index in [1.165, 1.54) is 4.90 Å². The van der Waals surface area contributed by atoms with E-state index < -0.39 is 11.2 Å². The zero-order chi connectivity index (χ0) is 49.7. The summed E-state index contributed by atoms with van der Waals surface area (Å²) in [5.74, 6) is 0.352. The average Bonchev–Trinajstić information content (AvgIpc) is 3.87. The van der Waals surface area contributed by atoms with Gasteiger partial charge < -0.3 is 38.6 Å². The fraction of sp³-hybridized carbons (Fsp3) is 0.423. The van der Waals surface area contributed by atoms with Crippen LogP contribution in [0.5, 0.6) is 11.5 Å². The second kappa shape index (κ2) is 23.8.